The number of amides is 1. The van der Waals surface area contributed by atoms with E-state index in [1.807, 2.05) is 6.07 Å². The number of sulfonamides is 1. The van der Waals surface area contributed by atoms with Crippen molar-refractivity contribution in [2.45, 2.75) is 24.7 Å². The van der Waals surface area contributed by atoms with Crippen LogP contribution in [0.25, 0.3) is 0 Å². The summed E-state index contributed by atoms with van der Waals surface area (Å²) in [7, 11) is -1.54. The summed E-state index contributed by atoms with van der Waals surface area (Å²) in [6.07, 6.45) is 1.41. The predicted octanol–water partition coefficient (Wildman–Crippen LogP) is 2.10. The van der Waals surface area contributed by atoms with Gasteiger partial charge in [0.2, 0.25) is 5.91 Å². The second kappa shape index (κ2) is 7.53. The minimum Gasteiger partial charge on any atom is -0.369 e. The van der Waals surface area contributed by atoms with E-state index in [1.54, 1.807) is 34.3 Å². The van der Waals surface area contributed by atoms with Crippen LogP contribution in [0.5, 0.6) is 0 Å². The van der Waals surface area contributed by atoms with Crippen LogP contribution >= 0.6 is 0 Å². The van der Waals surface area contributed by atoms with E-state index in [2.05, 4.69) is 29.0 Å². The molecule has 0 aliphatic carbocycles. The summed E-state index contributed by atoms with van der Waals surface area (Å²) >= 11 is 0. The summed E-state index contributed by atoms with van der Waals surface area (Å²) in [5.41, 5.74) is 4.69. The maximum Gasteiger partial charge on any atom is 0.264 e. The van der Waals surface area contributed by atoms with Gasteiger partial charge in [0, 0.05) is 57.6 Å². The Balaban J connectivity index is 1.46. The Hall–Kier alpha value is -2.58. The SMILES string of the molecule is CC(=O)N1CCc2cc(S(=O)(=O)N3CCc4ccc(N5CCN(C)CC5)cc43)ccc21. The second-order valence-corrected chi connectivity index (χ2v) is 10.5. The topological polar surface area (TPSA) is 64.2 Å². The maximum atomic E-state index is 13.6. The molecule has 0 radical (unpaired) electrons. The maximum absolute atomic E-state index is 13.6. The molecule has 0 saturated carbocycles. The number of nitrogens with zero attached hydrogens (tertiary/aromatic N) is 4. The van der Waals surface area contributed by atoms with Gasteiger partial charge in [-0.25, -0.2) is 8.42 Å². The van der Waals surface area contributed by atoms with Crippen molar-refractivity contribution in [1.82, 2.24) is 4.90 Å². The lowest BCUT2D eigenvalue weighted by Crippen LogP contribution is -2.44. The van der Waals surface area contributed by atoms with Crippen LogP contribution in [0.2, 0.25) is 0 Å². The van der Waals surface area contributed by atoms with E-state index in [9.17, 15) is 13.2 Å². The molecule has 2 aromatic carbocycles. The molecule has 3 aliphatic heterocycles. The number of anilines is 3. The van der Waals surface area contributed by atoms with E-state index in [-0.39, 0.29) is 5.91 Å². The highest BCUT2D eigenvalue weighted by molar-refractivity contribution is 7.92. The number of piperazine rings is 1. The fraction of sp³-hybridized carbons (Fsp3) is 0.435. The van der Waals surface area contributed by atoms with Crippen molar-refractivity contribution >= 4 is 33.0 Å². The second-order valence-electron chi connectivity index (χ2n) is 8.64. The van der Waals surface area contributed by atoms with Crippen molar-refractivity contribution in [3.8, 4) is 0 Å². The minimum absolute atomic E-state index is 0.0146. The summed E-state index contributed by atoms with van der Waals surface area (Å²) in [4.78, 5) is 18.5. The van der Waals surface area contributed by atoms with Gasteiger partial charge >= 0.3 is 0 Å². The molecular weight excluding hydrogens is 412 g/mol. The number of fused-ring (bicyclic) bond motifs is 2. The molecule has 8 heteroatoms. The first-order valence-electron chi connectivity index (χ1n) is 10.8. The molecule has 0 bridgehead atoms. The van der Waals surface area contributed by atoms with Crippen LogP contribution < -0.4 is 14.1 Å². The molecule has 7 nitrogen and oxygen atoms in total. The molecule has 1 fully saturated rings. The molecule has 2 aromatic rings. The molecule has 0 spiro atoms. The van der Waals surface area contributed by atoms with Crippen LogP contribution in [0.4, 0.5) is 17.1 Å². The number of rotatable bonds is 3. The third kappa shape index (κ3) is 3.47. The summed E-state index contributed by atoms with van der Waals surface area (Å²) < 4.78 is 28.7. The van der Waals surface area contributed by atoms with E-state index in [0.29, 0.717) is 24.4 Å². The van der Waals surface area contributed by atoms with Gasteiger partial charge in [-0.1, -0.05) is 6.07 Å². The highest BCUT2D eigenvalue weighted by Gasteiger charge is 2.33. The summed E-state index contributed by atoms with van der Waals surface area (Å²) in [6, 6.07) is 11.4. The van der Waals surface area contributed by atoms with Gasteiger partial charge in [-0.3, -0.25) is 9.10 Å². The minimum atomic E-state index is -3.66. The van der Waals surface area contributed by atoms with Crippen molar-refractivity contribution in [3.05, 3.63) is 47.5 Å². The van der Waals surface area contributed by atoms with Crippen molar-refractivity contribution in [1.29, 1.82) is 0 Å². The zero-order valence-corrected chi connectivity index (χ0v) is 18.9. The Morgan fingerprint density at radius 1 is 0.839 bits per heavy atom. The Morgan fingerprint density at radius 3 is 2.32 bits per heavy atom. The summed E-state index contributed by atoms with van der Waals surface area (Å²) in [6.45, 7) is 6.50. The van der Waals surface area contributed by atoms with Gasteiger partial charge in [0.15, 0.2) is 0 Å². The molecule has 0 unspecified atom stereocenters. The van der Waals surface area contributed by atoms with Crippen molar-refractivity contribution in [2.75, 3.05) is 60.4 Å². The average Bonchev–Trinajstić information content (AvgIpc) is 3.38. The molecule has 31 heavy (non-hydrogen) atoms. The molecule has 164 valence electrons. The quantitative estimate of drug-likeness (QED) is 0.732. The van der Waals surface area contributed by atoms with Gasteiger partial charge in [0.05, 0.1) is 10.6 Å². The highest BCUT2D eigenvalue weighted by atomic mass is 32.2. The number of carbonyl (C=O) groups excluding carboxylic acids is 1. The van der Waals surface area contributed by atoms with Crippen molar-refractivity contribution < 1.29 is 13.2 Å². The summed E-state index contributed by atoms with van der Waals surface area (Å²) in [5.74, 6) is -0.0146. The van der Waals surface area contributed by atoms with Crippen LogP contribution in [0, 0.1) is 0 Å². The Kier molecular flexibility index (Phi) is 4.94. The Morgan fingerprint density at radius 2 is 1.58 bits per heavy atom. The Bertz CT molecular complexity index is 1140. The van der Waals surface area contributed by atoms with Crippen molar-refractivity contribution in [3.63, 3.8) is 0 Å². The number of carbonyl (C=O) groups is 1. The molecule has 1 amide bonds. The molecule has 5 rings (SSSR count). The van der Waals surface area contributed by atoms with Crippen molar-refractivity contribution in [2.24, 2.45) is 0 Å². The molecular formula is C23H28N4O3S. The lowest BCUT2D eigenvalue weighted by molar-refractivity contribution is -0.116. The average molecular weight is 441 g/mol. The number of hydrogen-bond donors (Lipinski definition) is 0. The monoisotopic (exact) mass is 440 g/mol. The number of benzene rings is 2. The summed E-state index contributed by atoms with van der Waals surface area (Å²) in [5, 5.41) is 0. The van der Waals surface area contributed by atoms with Crippen LogP contribution in [0.3, 0.4) is 0 Å². The molecule has 0 atom stereocenters. The third-order valence-corrected chi connectivity index (χ3v) is 8.51. The van der Waals surface area contributed by atoms with Gasteiger partial charge in [0.1, 0.15) is 0 Å². The Labute approximate surface area is 183 Å². The fourth-order valence-electron chi connectivity index (χ4n) is 4.84. The fourth-order valence-corrected chi connectivity index (χ4v) is 6.39. The molecule has 3 heterocycles. The molecule has 1 saturated heterocycles. The van der Waals surface area contributed by atoms with Crippen LogP contribution in [-0.2, 0) is 27.7 Å². The van der Waals surface area contributed by atoms with Crippen LogP contribution in [0.1, 0.15) is 18.1 Å². The van der Waals surface area contributed by atoms with Gasteiger partial charge in [-0.2, -0.15) is 0 Å². The first kappa shape index (κ1) is 20.3. The normalized spacial score (nSPS) is 19.0. The molecule has 0 aromatic heterocycles. The van der Waals surface area contributed by atoms with E-state index in [4.69, 9.17) is 0 Å². The van der Waals surface area contributed by atoms with Crippen LogP contribution in [0.15, 0.2) is 41.3 Å². The van der Waals surface area contributed by atoms with Gasteiger partial charge in [-0.15, -0.1) is 0 Å². The zero-order valence-electron chi connectivity index (χ0n) is 18.0. The number of hydrogen-bond acceptors (Lipinski definition) is 5. The van der Waals surface area contributed by atoms with E-state index in [1.165, 1.54) is 0 Å². The highest BCUT2D eigenvalue weighted by Crippen LogP contribution is 2.38. The standard InChI is InChI=1S/C23H28N4O3S/c1-17(28)26-9-7-19-15-21(5-6-22(19)26)31(29,30)27-10-8-18-3-4-20(16-23(18)27)25-13-11-24(2)12-14-25/h3-6,15-16H,7-14H2,1-2H3. The van der Waals surface area contributed by atoms with Crippen LogP contribution in [-0.4, -0.2) is 65.5 Å². The lowest BCUT2D eigenvalue weighted by Gasteiger charge is -2.34. The smallest absolute Gasteiger partial charge is 0.264 e. The van der Waals surface area contributed by atoms with E-state index >= 15 is 0 Å². The molecule has 3 aliphatic rings. The number of likely N-dealkylation sites (N-methyl/N-ethyl adjacent to an activating group) is 1. The first-order valence-corrected chi connectivity index (χ1v) is 12.3. The zero-order chi connectivity index (χ0) is 21.8. The van der Waals surface area contributed by atoms with Gasteiger partial charge in [-0.05, 0) is 61.3 Å². The van der Waals surface area contributed by atoms with Gasteiger partial charge < -0.3 is 14.7 Å². The third-order valence-electron chi connectivity index (χ3n) is 6.70. The lowest BCUT2D eigenvalue weighted by atomic mass is 10.1. The van der Waals surface area contributed by atoms with E-state index in [0.717, 1.165) is 60.8 Å². The first-order chi connectivity index (χ1) is 14.8. The van der Waals surface area contributed by atoms with E-state index < -0.39 is 10.0 Å². The predicted molar refractivity (Wildman–Crippen MR) is 123 cm³/mol. The largest absolute Gasteiger partial charge is 0.369 e. The van der Waals surface area contributed by atoms with Gasteiger partial charge in [0.25, 0.3) is 10.0 Å². The molecule has 0 N–H and O–H groups in total.